The van der Waals surface area contributed by atoms with Gasteiger partial charge < -0.3 is 9.47 Å². The predicted molar refractivity (Wildman–Crippen MR) is 88.6 cm³/mol. The minimum absolute atomic E-state index is 0.0764. The zero-order chi connectivity index (χ0) is 18.3. The molecular formula is C19H19F3O3. The Balaban J connectivity index is 1.98. The summed E-state index contributed by atoms with van der Waals surface area (Å²) in [5.41, 5.74) is 1.83. The molecule has 0 aromatic heterocycles. The van der Waals surface area contributed by atoms with Crippen LogP contribution in [0.25, 0.3) is 11.1 Å². The van der Waals surface area contributed by atoms with Crippen molar-refractivity contribution in [3.63, 3.8) is 0 Å². The summed E-state index contributed by atoms with van der Waals surface area (Å²) in [6.45, 7) is 1.17. The lowest BCUT2D eigenvalue weighted by Crippen LogP contribution is -2.20. The normalized spacial score (nSPS) is 11.2. The van der Waals surface area contributed by atoms with Crippen LogP contribution in [0.3, 0.4) is 0 Å². The molecule has 25 heavy (non-hydrogen) atoms. The second kappa shape index (κ2) is 8.55. The third-order valence-corrected chi connectivity index (χ3v) is 3.44. The standard InChI is InChI=1S/C19H19F3O3/c1-2-3-12-24-17-10-8-15(9-11-17)14-4-6-16(7-5-14)18(23)25-13-19(20,21)22/h4-11H,2-3,12-13H2,1H3. The molecule has 0 radical (unpaired) electrons. The number of hydrogen-bond donors (Lipinski definition) is 0. The Hall–Kier alpha value is -2.50. The fraction of sp³-hybridized carbons (Fsp3) is 0.316. The first-order valence-corrected chi connectivity index (χ1v) is 7.96. The highest BCUT2D eigenvalue weighted by Gasteiger charge is 2.29. The van der Waals surface area contributed by atoms with Crippen molar-refractivity contribution in [1.82, 2.24) is 0 Å². The van der Waals surface area contributed by atoms with Crippen LogP contribution in [0.1, 0.15) is 30.1 Å². The third-order valence-electron chi connectivity index (χ3n) is 3.44. The average molecular weight is 352 g/mol. The predicted octanol–water partition coefficient (Wildman–Crippen LogP) is 5.25. The first kappa shape index (κ1) is 18.8. The van der Waals surface area contributed by atoms with E-state index >= 15 is 0 Å². The smallest absolute Gasteiger partial charge is 0.422 e. The van der Waals surface area contributed by atoms with Gasteiger partial charge in [0.2, 0.25) is 0 Å². The van der Waals surface area contributed by atoms with Gasteiger partial charge in [-0.3, -0.25) is 0 Å². The number of carbonyl (C=O) groups excluding carboxylic acids is 1. The van der Waals surface area contributed by atoms with Crippen LogP contribution in [0.4, 0.5) is 13.2 Å². The van der Waals surface area contributed by atoms with Crippen LogP contribution in [-0.4, -0.2) is 25.4 Å². The lowest BCUT2D eigenvalue weighted by atomic mass is 10.0. The number of esters is 1. The van der Waals surface area contributed by atoms with E-state index in [1.807, 2.05) is 24.3 Å². The number of halogens is 3. The molecular weight excluding hydrogens is 333 g/mol. The first-order valence-electron chi connectivity index (χ1n) is 7.96. The molecule has 0 unspecified atom stereocenters. The van der Waals surface area contributed by atoms with Gasteiger partial charge in [-0.2, -0.15) is 13.2 Å². The number of unbranched alkanes of at least 4 members (excludes halogenated alkanes) is 1. The summed E-state index contributed by atoms with van der Waals surface area (Å²) in [6, 6.07) is 13.7. The van der Waals surface area contributed by atoms with Crippen molar-refractivity contribution >= 4 is 5.97 Å². The van der Waals surface area contributed by atoms with Crippen LogP contribution in [0, 0.1) is 0 Å². The summed E-state index contributed by atoms with van der Waals surface area (Å²) in [4.78, 5) is 11.6. The molecule has 0 saturated carbocycles. The molecule has 0 N–H and O–H groups in total. The van der Waals surface area contributed by atoms with Gasteiger partial charge in [0, 0.05) is 0 Å². The van der Waals surface area contributed by atoms with E-state index in [4.69, 9.17) is 4.74 Å². The largest absolute Gasteiger partial charge is 0.494 e. The van der Waals surface area contributed by atoms with Crippen molar-refractivity contribution in [3.05, 3.63) is 54.1 Å². The third kappa shape index (κ3) is 6.14. The van der Waals surface area contributed by atoms with Gasteiger partial charge in [-0.05, 0) is 41.8 Å². The van der Waals surface area contributed by atoms with Gasteiger partial charge in [-0.25, -0.2) is 4.79 Å². The van der Waals surface area contributed by atoms with Gasteiger partial charge in [-0.1, -0.05) is 37.6 Å². The van der Waals surface area contributed by atoms with Gasteiger partial charge in [0.15, 0.2) is 6.61 Å². The van der Waals surface area contributed by atoms with E-state index in [9.17, 15) is 18.0 Å². The van der Waals surface area contributed by atoms with Gasteiger partial charge in [0.25, 0.3) is 0 Å². The van der Waals surface area contributed by atoms with Gasteiger partial charge in [0.05, 0.1) is 12.2 Å². The van der Waals surface area contributed by atoms with Crippen LogP contribution < -0.4 is 4.74 Å². The first-order chi connectivity index (χ1) is 11.9. The van der Waals surface area contributed by atoms with Crippen LogP contribution in [0.2, 0.25) is 0 Å². The van der Waals surface area contributed by atoms with Gasteiger partial charge in [-0.15, -0.1) is 0 Å². The highest BCUT2D eigenvalue weighted by molar-refractivity contribution is 5.90. The van der Waals surface area contributed by atoms with Crippen molar-refractivity contribution in [3.8, 4) is 16.9 Å². The van der Waals surface area contributed by atoms with E-state index in [-0.39, 0.29) is 5.56 Å². The molecule has 0 bridgehead atoms. The van der Waals surface area contributed by atoms with E-state index < -0.39 is 18.8 Å². The molecule has 0 aliphatic carbocycles. The van der Waals surface area contributed by atoms with Crippen LogP contribution in [-0.2, 0) is 4.74 Å². The van der Waals surface area contributed by atoms with E-state index in [0.717, 1.165) is 29.7 Å². The molecule has 0 heterocycles. The second-order valence-corrected chi connectivity index (χ2v) is 5.50. The number of carbonyl (C=O) groups is 1. The Morgan fingerprint density at radius 2 is 1.52 bits per heavy atom. The average Bonchev–Trinajstić information content (AvgIpc) is 2.60. The van der Waals surface area contributed by atoms with Crippen LogP contribution in [0.15, 0.2) is 48.5 Å². The molecule has 0 amide bonds. The summed E-state index contributed by atoms with van der Waals surface area (Å²) in [5, 5.41) is 0. The van der Waals surface area contributed by atoms with Gasteiger partial charge in [0.1, 0.15) is 5.75 Å². The quantitative estimate of drug-likeness (QED) is 0.504. The number of ether oxygens (including phenoxy) is 2. The molecule has 3 nitrogen and oxygen atoms in total. The maximum Gasteiger partial charge on any atom is 0.422 e. The molecule has 0 saturated heterocycles. The summed E-state index contributed by atoms with van der Waals surface area (Å²) in [6.07, 6.45) is -2.47. The Bertz CT molecular complexity index is 677. The molecule has 0 atom stereocenters. The fourth-order valence-electron chi connectivity index (χ4n) is 2.11. The van der Waals surface area contributed by atoms with E-state index in [0.29, 0.717) is 6.61 Å². The summed E-state index contributed by atoms with van der Waals surface area (Å²) >= 11 is 0. The van der Waals surface area contributed by atoms with E-state index in [1.54, 1.807) is 12.1 Å². The molecule has 0 spiro atoms. The second-order valence-electron chi connectivity index (χ2n) is 5.50. The number of alkyl halides is 3. The number of benzene rings is 2. The molecule has 2 aromatic carbocycles. The SMILES string of the molecule is CCCCOc1ccc(-c2ccc(C(=O)OCC(F)(F)F)cc2)cc1. The van der Waals surface area contributed by atoms with Crippen molar-refractivity contribution in [2.75, 3.05) is 13.2 Å². The highest BCUT2D eigenvalue weighted by atomic mass is 19.4. The molecule has 2 rings (SSSR count). The van der Waals surface area contributed by atoms with Gasteiger partial charge >= 0.3 is 12.1 Å². The maximum atomic E-state index is 12.1. The fourth-order valence-corrected chi connectivity index (χ4v) is 2.11. The van der Waals surface area contributed by atoms with Crippen LogP contribution >= 0.6 is 0 Å². The Labute approximate surface area is 144 Å². The van der Waals surface area contributed by atoms with Crippen molar-refractivity contribution in [2.24, 2.45) is 0 Å². The highest BCUT2D eigenvalue weighted by Crippen LogP contribution is 2.23. The monoisotopic (exact) mass is 352 g/mol. The Morgan fingerprint density at radius 3 is 2.04 bits per heavy atom. The lowest BCUT2D eigenvalue weighted by molar-refractivity contribution is -0.161. The van der Waals surface area contributed by atoms with Crippen molar-refractivity contribution < 1.29 is 27.4 Å². The minimum Gasteiger partial charge on any atom is -0.494 e. The van der Waals surface area contributed by atoms with E-state index in [2.05, 4.69) is 11.7 Å². The lowest BCUT2D eigenvalue weighted by Gasteiger charge is -2.09. The molecule has 2 aromatic rings. The molecule has 0 fully saturated rings. The summed E-state index contributed by atoms with van der Waals surface area (Å²) in [7, 11) is 0. The maximum absolute atomic E-state index is 12.1. The molecule has 0 aliphatic heterocycles. The number of rotatable bonds is 7. The summed E-state index contributed by atoms with van der Waals surface area (Å²) in [5.74, 6) is -0.215. The molecule has 6 heteroatoms. The Kier molecular flexibility index (Phi) is 6.44. The summed E-state index contributed by atoms with van der Waals surface area (Å²) < 4.78 is 46.0. The minimum atomic E-state index is -4.53. The number of hydrogen-bond acceptors (Lipinski definition) is 3. The van der Waals surface area contributed by atoms with E-state index in [1.165, 1.54) is 12.1 Å². The topological polar surface area (TPSA) is 35.5 Å². The zero-order valence-electron chi connectivity index (χ0n) is 13.8. The van der Waals surface area contributed by atoms with Crippen LogP contribution in [0.5, 0.6) is 5.75 Å². The molecule has 134 valence electrons. The molecule has 0 aliphatic rings. The van der Waals surface area contributed by atoms with Crippen molar-refractivity contribution in [2.45, 2.75) is 25.9 Å². The Morgan fingerprint density at radius 1 is 0.960 bits per heavy atom. The zero-order valence-corrected chi connectivity index (χ0v) is 13.8. The van der Waals surface area contributed by atoms with Crippen molar-refractivity contribution in [1.29, 1.82) is 0 Å².